The maximum absolute atomic E-state index is 12.1. The van der Waals surface area contributed by atoms with Gasteiger partial charge in [0.25, 0.3) is 0 Å². The fourth-order valence-corrected chi connectivity index (χ4v) is 3.41. The molecule has 1 aliphatic rings. The van der Waals surface area contributed by atoms with Crippen molar-refractivity contribution in [3.05, 3.63) is 60.4 Å². The Kier molecular flexibility index (Phi) is 9.85. The summed E-state index contributed by atoms with van der Waals surface area (Å²) < 4.78 is 0. The van der Waals surface area contributed by atoms with E-state index in [1.54, 1.807) is 31.6 Å². The van der Waals surface area contributed by atoms with Crippen LogP contribution in [0.5, 0.6) is 0 Å². The van der Waals surface area contributed by atoms with E-state index >= 15 is 0 Å². The van der Waals surface area contributed by atoms with Gasteiger partial charge in [-0.3, -0.25) is 19.7 Å². The Morgan fingerprint density at radius 1 is 1.14 bits per heavy atom. The van der Waals surface area contributed by atoms with Gasteiger partial charge in [0.05, 0.1) is 24.5 Å². The number of rotatable bonds is 7. The molecule has 156 valence electrons. The van der Waals surface area contributed by atoms with Crippen LogP contribution in [0.2, 0.25) is 0 Å². The Morgan fingerprint density at radius 3 is 2.55 bits per heavy atom. The molecule has 7 nitrogen and oxygen atoms in total. The van der Waals surface area contributed by atoms with Crippen LogP contribution in [0.1, 0.15) is 24.4 Å². The van der Waals surface area contributed by atoms with E-state index in [4.69, 9.17) is 0 Å². The number of guanidine groups is 1. The summed E-state index contributed by atoms with van der Waals surface area (Å²) in [6.45, 7) is 3.09. The van der Waals surface area contributed by atoms with Crippen LogP contribution >= 0.6 is 24.0 Å². The molecule has 1 saturated heterocycles. The molecule has 0 aliphatic carbocycles. The first-order valence-electron chi connectivity index (χ1n) is 9.69. The van der Waals surface area contributed by atoms with Gasteiger partial charge in [0, 0.05) is 19.8 Å². The Balaban J connectivity index is 0.00000300. The summed E-state index contributed by atoms with van der Waals surface area (Å²) in [6, 6.07) is 14.4. The second kappa shape index (κ2) is 12.4. The van der Waals surface area contributed by atoms with Crippen LogP contribution in [0, 0.1) is 0 Å². The lowest BCUT2D eigenvalue weighted by atomic mass is 10.1. The largest absolute Gasteiger partial charge is 0.354 e. The Labute approximate surface area is 189 Å². The van der Waals surface area contributed by atoms with E-state index < -0.39 is 0 Å². The van der Waals surface area contributed by atoms with Crippen LogP contribution in [0.25, 0.3) is 0 Å². The standard InChI is InChI=1S/C21H28N6O.HI/c1-22-21(25-16-20(28)26-18-10-7-11-23-14-18)24-15-19(27-12-5-6-13-27)17-8-3-2-4-9-17;/h2-4,7-11,14,19H,5-6,12-13,15-16H2,1H3,(H,26,28)(H2,22,24,25);1H. The summed E-state index contributed by atoms with van der Waals surface area (Å²) in [6.07, 6.45) is 5.77. The van der Waals surface area contributed by atoms with Crippen molar-refractivity contribution >= 4 is 41.5 Å². The highest BCUT2D eigenvalue weighted by molar-refractivity contribution is 14.0. The predicted molar refractivity (Wildman–Crippen MR) is 128 cm³/mol. The van der Waals surface area contributed by atoms with E-state index in [2.05, 4.69) is 55.1 Å². The van der Waals surface area contributed by atoms with Crippen LogP contribution < -0.4 is 16.0 Å². The van der Waals surface area contributed by atoms with Crippen molar-refractivity contribution in [1.29, 1.82) is 0 Å². The highest BCUT2D eigenvalue weighted by Gasteiger charge is 2.23. The summed E-state index contributed by atoms with van der Waals surface area (Å²) in [4.78, 5) is 22.8. The second-order valence-corrected chi connectivity index (χ2v) is 6.77. The number of aromatic nitrogens is 1. The molecule has 1 aromatic carbocycles. The van der Waals surface area contributed by atoms with Crippen molar-refractivity contribution in [2.75, 3.05) is 38.5 Å². The van der Waals surface area contributed by atoms with Gasteiger partial charge in [-0.05, 0) is 43.6 Å². The molecule has 0 bridgehead atoms. The van der Waals surface area contributed by atoms with Crippen molar-refractivity contribution in [2.45, 2.75) is 18.9 Å². The number of likely N-dealkylation sites (tertiary alicyclic amines) is 1. The minimum absolute atomic E-state index is 0. The molecule has 1 atom stereocenters. The number of pyridine rings is 1. The van der Waals surface area contributed by atoms with Crippen molar-refractivity contribution in [3.8, 4) is 0 Å². The topological polar surface area (TPSA) is 81.6 Å². The number of anilines is 1. The number of carbonyl (C=O) groups is 1. The van der Waals surface area contributed by atoms with E-state index in [0.717, 1.165) is 19.6 Å². The van der Waals surface area contributed by atoms with Gasteiger partial charge >= 0.3 is 0 Å². The molecule has 2 aromatic rings. The average molecular weight is 508 g/mol. The van der Waals surface area contributed by atoms with Gasteiger partial charge in [-0.2, -0.15) is 0 Å². The fourth-order valence-electron chi connectivity index (χ4n) is 3.41. The summed E-state index contributed by atoms with van der Waals surface area (Å²) in [5, 5.41) is 9.25. The molecule has 1 unspecified atom stereocenters. The monoisotopic (exact) mass is 508 g/mol. The third-order valence-electron chi connectivity index (χ3n) is 4.81. The smallest absolute Gasteiger partial charge is 0.243 e. The number of nitrogens with one attached hydrogen (secondary N) is 3. The van der Waals surface area contributed by atoms with Gasteiger partial charge in [0.15, 0.2) is 5.96 Å². The van der Waals surface area contributed by atoms with Gasteiger partial charge in [0.1, 0.15) is 0 Å². The minimum Gasteiger partial charge on any atom is -0.354 e. The molecule has 0 saturated carbocycles. The number of hydrogen-bond acceptors (Lipinski definition) is 4. The summed E-state index contributed by atoms with van der Waals surface area (Å²) in [7, 11) is 1.71. The van der Waals surface area contributed by atoms with Gasteiger partial charge in [-0.25, -0.2) is 0 Å². The lowest BCUT2D eigenvalue weighted by Gasteiger charge is -2.28. The molecule has 0 spiro atoms. The van der Waals surface area contributed by atoms with Crippen molar-refractivity contribution < 1.29 is 4.79 Å². The van der Waals surface area contributed by atoms with Crippen LogP contribution in [0.15, 0.2) is 59.9 Å². The fraction of sp³-hybridized carbons (Fsp3) is 0.381. The maximum Gasteiger partial charge on any atom is 0.243 e. The first-order valence-corrected chi connectivity index (χ1v) is 9.69. The quantitative estimate of drug-likeness (QED) is 0.305. The molecular formula is C21H29IN6O. The first-order chi connectivity index (χ1) is 13.8. The van der Waals surface area contributed by atoms with Crippen LogP contribution in [-0.2, 0) is 4.79 Å². The Morgan fingerprint density at radius 2 is 1.90 bits per heavy atom. The van der Waals surface area contributed by atoms with Crippen molar-refractivity contribution in [1.82, 2.24) is 20.5 Å². The SMILES string of the molecule is CN=C(NCC(=O)Nc1cccnc1)NCC(c1ccccc1)N1CCCC1.I. The number of nitrogens with zero attached hydrogens (tertiary/aromatic N) is 3. The van der Waals surface area contributed by atoms with Crippen molar-refractivity contribution in [3.63, 3.8) is 0 Å². The zero-order chi connectivity index (χ0) is 19.6. The molecule has 0 radical (unpaired) electrons. The van der Waals surface area contributed by atoms with E-state index in [-0.39, 0.29) is 42.5 Å². The molecule has 1 fully saturated rings. The predicted octanol–water partition coefficient (Wildman–Crippen LogP) is 2.64. The van der Waals surface area contributed by atoms with Gasteiger partial charge in [-0.15, -0.1) is 24.0 Å². The molecular weight excluding hydrogens is 479 g/mol. The highest BCUT2D eigenvalue weighted by Crippen LogP contribution is 2.24. The summed E-state index contributed by atoms with van der Waals surface area (Å²) >= 11 is 0. The molecule has 8 heteroatoms. The van der Waals surface area contributed by atoms with Gasteiger partial charge in [-0.1, -0.05) is 30.3 Å². The highest BCUT2D eigenvalue weighted by atomic mass is 127. The number of aliphatic imine (C=N–C) groups is 1. The third-order valence-corrected chi connectivity index (χ3v) is 4.81. The number of hydrogen-bond donors (Lipinski definition) is 3. The second-order valence-electron chi connectivity index (χ2n) is 6.77. The molecule has 2 heterocycles. The zero-order valence-electron chi connectivity index (χ0n) is 16.7. The number of amides is 1. The number of benzene rings is 1. The van der Waals surface area contributed by atoms with E-state index in [1.807, 2.05) is 6.07 Å². The van der Waals surface area contributed by atoms with Crippen molar-refractivity contribution in [2.24, 2.45) is 4.99 Å². The molecule has 1 aliphatic heterocycles. The molecule has 29 heavy (non-hydrogen) atoms. The zero-order valence-corrected chi connectivity index (χ0v) is 19.0. The number of halogens is 1. The molecule has 3 N–H and O–H groups in total. The third kappa shape index (κ3) is 7.28. The minimum atomic E-state index is -0.143. The normalized spacial score (nSPS) is 15.3. The molecule has 1 amide bonds. The van der Waals surface area contributed by atoms with Gasteiger partial charge < -0.3 is 16.0 Å². The van der Waals surface area contributed by atoms with E-state index in [0.29, 0.717) is 11.6 Å². The lowest BCUT2D eigenvalue weighted by molar-refractivity contribution is -0.115. The molecule has 3 rings (SSSR count). The molecule has 1 aromatic heterocycles. The Bertz CT molecular complexity index is 765. The maximum atomic E-state index is 12.1. The number of carbonyl (C=O) groups excluding carboxylic acids is 1. The van der Waals surface area contributed by atoms with E-state index in [1.165, 1.54) is 18.4 Å². The first kappa shape index (κ1) is 23.1. The van der Waals surface area contributed by atoms with Crippen LogP contribution in [0.4, 0.5) is 5.69 Å². The van der Waals surface area contributed by atoms with Crippen LogP contribution in [0.3, 0.4) is 0 Å². The van der Waals surface area contributed by atoms with E-state index in [9.17, 15) is 4.79 Å². The summed E-state index contributed by atoms with van der Waals surface area (Å²) in [5.74, 6) is 0.469. The van der Waals surface area contributed by atoms with Crippen LogP contribution in [-0.4, -0.2) is 55.0 Å². The lowest BCUT2D eigenvalue weighted by Crippen LogP contribution is -2.44. The average Bonchev–Trinajstić information content (AvgIpc) is 3.26. The Hall–Kier alpha value is -2.20. The summed E-state index contributed by atoms with van der Waals surface area (Å²) in [5.41, 5.74) is 1.97. The van der Waals surface area contributed by atoms with Gasteiger partial charge in [0.2, 0.25) is 5.91 Å².